The van der Waals surface area contributed by atoms with E-state index in [9.17, 15) is 9.59 Å². The topological polar surface area (TPSA) is 79.3 Å². The maximum Gasteiger partial charge on any atom is 0.309 e. The number of aromatic nitrogens is 1. The summed E-state index contributed by atoms with van der Waals surface area (Å²) < 4.78 is 0. The van der Waals surface area contributed by atoms with Crippen LogP contribution in [-0.2, 0) is 16.0 Å². The van der Waals surface area contributed by atoms with Crippen molar-refractivity contribution in [3.8, 4) is 12.3 Å². The molecule has 1 amide bonds. The predicted octanol–water partition coefficient (Wildman–Crippen LogP) is 0.280. The summed E-state index contributed by atoms with van der Waals surface area (Å²) in [5.74, 6) is 0.366. The second kappa shape index (κ2) is 4.77. The van der Waals surface area contributed by atoms with Crippen LogP contribution in [0, 0.1) is 12.3 Å². The number of carbonyl (C=O) groups excluding carboxylic acids is 1. The van der Waals surface area contributed by atoms with Crippen LogP contribution in [0.3, 0.4) is 0 Å². The number of terminal acetylenes is 1. The third-order valence-corrected chi connectivity index (χ3v) is 1.55. The molecule has 0 aliphatic heterocycles. The molecule has 5 nitrogen and oxygen atoms in total. The van der Waals surface area contributed by atoms with Gasteiger partial charge in [0.25, 0.3) is 5.91 Å². The summed E-state index contributed by atoms with van der Waals surface area (Å²) in [5, 5.41) is 10.9. The standard InChI is InChI=1S/C10H8N2O3/c1-2-9(13)12-8-4-3-7(11-6-8)5-10(14)15/h1,3-4,6H,5H2,(H,12,13)(H,14,15). The first-order valence-electron chi connectivity index (χ1n) is 4.06. The minimum absolute atomic E-state index is 0.149. The molecule has 1 rings (SSSR count). The molecular weight excluding hydrogens is 196 g/mol. The highest BCUT2D eigenvalue weighted by atomic mass is 16.4. The molecule has 5 heteroatoms. The molecule has 0 saturated heterocycles. The Morgan fingerprint density at radius 3 is 2.73 bits per heavy atom. The minimum atomic E-state index is -0.956. The molecule has 0 fully saturated rings. The Bertz CT molecular complexity index is 417. The molecule has 1 aromatic rings. The van der Waals surface area contributed by atoms with Gasteiger partial charge in [-0.15, -0.1) is 6.42 Å². The zero-order valence-electron chi connectivity index (χ0n) is 7.73. The molecule has 0 atom stereocenters. The maximum absolute atomic E-state index is 10.8. The summed E-state index contributed by atoms with van der Waals surface area (Å²) in [4.78, 5) is 25.0. The van der Waals surface area contributed by atoms with Crippen LogP contribution in [0.4, 0.5) is 5.69 Å². The predicted molar refractivity (Wildman–Crippen MR) is 53.0 cm³/mol. The average Bonchev–Trinajstić information content (AvgIpc) is 2.20. The van der Waals surface area contributed by atoms with Crippen molar-refractivity contribution in [2.24, 2.45) is 0 Å². The van der Waals surface area contributed by atoms with E-state index < -0.39 is 11.9 Å². The van der Waals surface area contributed by atoms with E-state index in [2.05, 4.69) is 10.3 Å². The van der Waals surface area contributed by atoms with Gasteiger partial charge in [-0.3, -0.25) is 14.6 Å². The average molecular weight is 204 g/mol. The van der Waals surface area contributed by atoms with Gasteiger partial charge < -0.3 is 10.4 Å². The van der Waals surface area contributed by atoms with Crippen LogP contribution in [0.15, 0.2) is 18.3 Å². The molecule has 0 aliphatic rings. The van der Waals surface area contributed by atoms with E-state index in [0.717, 1.165) is 0 Å². The second-order valence-electron chi connectivity index (χ2n) is 2.71. The largest absolute Gasteiger partial charge is 0.481 e. The number of hydrogen-bond acceptors (Lipinski definition) is 3. The lowest BCUT2D eigenvalue weighted by Crippen LogP contribution is -2.09. The van der Waals surface area contributed by atoms with E-state index in [1.165, 1.54) is 12.3 Å². The first-order valence-corrected chi connectivity index (χ1v) is 4.06. The SMILES string of the molecule is C#CC(=O)Nc1ccc(CC(=O)O)nc1. The van der Waals surface area contributed by atoms with Crippen LogP contribution in [0.2, 0.25) is 0 Å². The highest BCUT2D eigenvalue weighted by Crippen LogP contribution is 2.06. The normalized spacial score (nSPS) is 9.00. The first kappa shape index (κ1) is 10.7. The van der Waals surface area contributed by atoms with E-state index >= 15 is 0 Å². The minimum Gasteiger partial charge on any atom is -0.481 e. The Balaban J connectivity index is 2.69. The fourth-order valence-corrected chi connectivity index (χ4v) is 0.925. The molecule has 15 heavy (non-hydrogen) atoms. The van der Waals surface area contributed by atoms with Crippen molar-refractivity contribution >= 4 is 17.6 Å². The zero-order chi connectivity index (χ0) is 11.3. The summed E-state index contributed by atoms with van der Waals surface area (Å²) in [6.07, 6.45) is 6.06. The van der Waals surface area contributed by atoms with Crippen LogP contribution < -0.4 is 5.32 Å². The van der Waals surface area contributed by atoms with E-state index in [-0.39, 0.29) is 6.42 Å². The van der Waals surface area contributed by atoms with Gasteiger partial charge in [-0.05, 0) is 18.1 Å². The van der Waals surface area contributed by atoms with E-state index in [4.69, 9.17) is 11.5 Å². The number of carboxylic acids is 1. The Hall–Kier alpha value is -2.35. The molecule has 0 aromatic carbocycles. The number of anilines is 1. The zero-order valence-corrected chi connectivity index (χ0v) is 7.73. The Labute approximate surface area is 86.1 Å². The third kappa shape index (κ3) is 3.48. The highest BCUT2D eigenvalue weighted by molar-refractivity contribution is 6.03. The fraction of sp³-hybridized carbons (Fsp3) is 0.100. The maximum atomic E-state index is 10.8. The van der Waals surface area contributed by atoms with Crippen molar-refractivity contribution in [2.45, 2.75) is 6.42 Å². The Morgan fingerprint density at radius 1 is 1.53 bits per heavy atom. The number of carbonyl (C=O) groups is 2. The van der Waals surface area contributed by atoms with Crippen molar-refractivity contribution in [2.75, 3.05) is 5.32 Å². The van der Waals surface area contributed by atoms with Crippen LogP contribution in [0.5, 0.6) is 0 Å². The lowest BCUT2D eigenvalue weighted by Gasteiger charge is -2.01. The van der Waals surface area contributed by atoms with Gasteiger partial charge in [0.2, 0.25) is 0 Å². The van der Waals surface area contributed by atoms with Crippen molar-refractivity contribution in [3.05, 3.63) is 24.0 Å². The number of nitrogens with zero attached hydrogens (tertiary/aromatic N) is 1. The van der Waals surface area contributed by atoms with Crippen molar-refractivity contribution in [1.29, 1.82) is 0 Å². The number of rotatable bonds is 3. The van der Waals surface area contributed by atoms with Crippen LogP contribution in [0.25, 0.3) is 0 Å². The molecule has 0 bridgehead atoms. The molecule has 1 heterocycles. The fourth-order valence-electron chi connectivity index (χ4n) is 0.925. The summed E-state index contributed by atoms with van der Waals surface area (Å²) in [5.41, 5.74) is 0.855. The smallest absolute Gasteiger partial charge is 0.309 e. The summed E-state index contributed by atoms with van der Waals surface area (Å²) >= 11 is 0. The number of aliphatic carboxylic acids is 1. The third-order valence-electron chi connectivity index (χ3n) is 1.55. The number of pyridine rings is 1. The molecule has 0 saturated carbocycles. The monoisotopic (exact) mass is 204 g/mol. The molecule has 2 N–H and O–H groups in total. The molecular formula is C10H8N2O3. The summed E-state index contributed by atoms with van der Waals surface area (Å²) in [6.45, 7) is 0. The summed E-state index contributed by atoms with van der Waals surface area (Å²) in [6, 6.07) is 3.06. The highest BCUT2D eigenvalue weighted by Gasteiger charge is 2.02. The summed E-state index contributed by atoms with van der Waals surface area (Å²) in [7, 11) is 0. The van der Waals surface area contributed by atoms with Crippen molar-refractivity contribution in [1.82, 2.24) is 4.98 Å². The van der Waals surface area contributed by atoms with Gasteiger partial charge in [-0.2, -0.15) is 0 Å². The first-order chi connectivity index (χ1) is 7.11. The quantitative estimate of drug-likeness (QED) is 0.693. The number of carboxylic acid groups (broad SMARTS) is 1. The molecule has 76 valence electrons. The van der Waals surface area contributed by atoms with Crippen LogP contribution >= 0.6 is 0 Å². The van der Waals surface area contributed by atoms with Gasteiger partial charge in [0.05, 0.1) is 24.0 Å². The molecule has 0 radical (unpaired) electrons. The Kier molecular flexibility index (Phi) is 3.41. The van der Waals surface area contributed by atoms with E-state index in [1.54, 1.807) is 6.07 Å². The molecule has 0 spiro atoms. The van der Waals surface area contributed by atoms with E-state index in [0.29, 0.717) is 11.4 Å². The van der Waals surface area contributed by atoms with Gasteiger partial charge in [-0.25, -0.2) is 0 Å². The second-order valence-corrected chi connectivity index (χ2v) is 2.71. The van der Waals surface area contributed by atoms with Crippen molar-refractivity contribution in [3.63, 3.8) is 0 Å². The van der Waals surface area contributed by atoms with Crippen molar-refractivity contribution < 1.29 is 14.7 Å². The number of nitrogens with one attached hydrogen (secondary N) is 1. The van der Waals surface area contributed by atoms with E-state index in [1.807, 2.05) is 5.92 Å². The van der Waals surface area contributed by atoms with Gasteiger partial charge in [0.1, 0.15) is 0 Å². The van der Waals surface area contributed by atoms with Gasteiger partial charge >= 0.3 is 5.97 Å². The Morgan fingerprint density at radius 2 is 2.27 bits per heavy atom. The molecule has 0 unspecified atom stereocenters. The van der Waals surface area contributed by atoms with Gasteiger partial charge in [0.15, 0.2) is 0 Å². The number of amides is 1. The van der Waals surface area contributed by atoms with Crippen LogP contribution in [-0.4, -0.2) is 22.0 Å². The molecule has 0 aliphatic carbocycles. The lowest BCUT2D eigenvalue weighted by atomic mass is 10.2. The number of hydrogen-bond donors (Lipinski definition) is 2. The van der Waals surface area contributed by atoms with Crippen LogP contribution in [0.1, 0.15) is 5.69 Å². The molecule has 1 aromatic heterocycles. The lowest BCUT2D eigenvalue weighted by molar-refractivity contribution is -0.136. The van der Waals surface area contributed by atoms with Gasteiger partial charge in [-0.1, -0.05) is 0 Å². The van der Waals surface area contributed by atoms with Gasteiger partial charge in [0, 0.05) is 0 Å².